The third kappa shape index (κ3) is 1.45. The molecule has 14 heavy (non-hydrogen) atoms. The van der Waals surface area contributed by atoms with Crippen molar-refractivity contribution in [3.05, 3.63) is 24.3 Å². The molecule has 1 heterocycles. The van der Waals surface area contributed by atoms with Crippen LogP contribution in [0.4, 0.5) is 5.69 Å². The van der Waals surface area contributed by atoms with Gasteiger partial charge in [0.2, 0.25) is 0 Å². The summed E-state index contributed by atoms with van der Waals surface area (Å²) in [6, 6.07) is 7.85. The Kier molecular flexibility index (Phi) is 2.39. The second-order valence-corrected chi connectivity index (χ2v) is 3.37. The summed E-state index contributed by atoms with van der Waals surface area (Å²) in [5.74, 6) is 1.54. The Bertz CT molecular complexity index is 349. The van der Waals surface area contributed by atoms with Crippen molar-refractivity contribution in [2.45, 2.75) is 12.8 Å². The van der Waals surface area contributed by atoms with Crippen LogP contribution in [0, 0.1) is 5.41 Å². The quantitative estimate of drug-likeness (QED) is 0.776. The van der Waals surface area contributed by atoms with Gasteiger partial charge in [0, 0.05) is 13.0 Å². The monoisotopic (exact) mass is 190 g/mol. The van der Waals surface area contributed by atoms with E-state index in [2.05, 4.69) is 0 Å². The lowest BCUT2D eigenvalue weighted by atomic mass is 10.2. The molecular formula is C11H14N2O. The van der Waals surface area contributed by atoms with E-state index in [-0.39, 0.29) is 0 Å². The van der Waals surface area contributed by atoms with Gasteiger partial charge >= 0.3 is 0 Å². The largest absolute Gasteiger partial charge is 0.495 e. The van der Waals surface area contributed by atoms with Crippen molar-refractivity contribution in [2.75, 3.05) is 18.6 Å². The predicted molar refractivity (Wildman–Crippen MR) is 57.3 cm³/mol. The van der Waals surface area contributed by atoms with Gasteiger partial charge in [-0.25, -0.2) is 0 Å². The van der Waals surface area contributed by atoms with Crippen molar-refractivity contribution < 1.29 is 4.74 Å². The van der Waals surface area contributed by atoms with Gasteiger partial charge in [0.25, 0.3) is 0 Å². The van der Waals surface area contributed by atoms with Crippen LogP contribution in [0.3, 0.4) is 0 Å². The number of para-hydroxylation sites is 2. The highest BCUT2D eigenvalue weighted by Gasteiger charge is 2.20. The molecule has 3 nitrogen and oxygen atoms in total. The van der Waals surface area contributed by atoms with Gasteiger partial charge in [-0.1, -0.05) is 12.1 Å². The Morgan fingerprint density at radius 2 is 2.14 bits per heavy atom. The van der Waals surface area contributed by atoms with Gasteiger partial charge in [0.1, 0.15) is 11.6 Å². The van der Waals surface area contributed by atoms with Crippen molar-refractivity contribution in [1.29, 1.82) is 5.41 Å². The van der Waals surface area contributed by atoms with Crippen LogP contribution in [0.15, 0.2) is 24.3 Å². The van der Waals surface area contributed by atoms with E-state index in [0.29, 0.717) is 5.84 Å². The molecular weight excluding hydrogens is 176 g/mol. The summed E-state index contributed by atoms with van der Waals surface area (Å²) in [6.07, 6.45) is 1.94. The molecule has 1 fully saturated rings. The van der Waals surface area contributed by atoms with Crippen LogP contribution in [0.2, 0.25) is 0 Å². The van der Waals surface area contributed by atoms with Gasteiger partial charge in [-0.05, 0) is 18.6 Å². The molecule has 0 aliphatic carbocycles. The highest BCUT2D eigenvalue weighted by Crippen LogP contribution is 2.30. The van der Waals surface area contributed by atoms with Crippen molar-refractivity contribution in [1.82, 2.24) is 0 Å². The number of anilines is 1. The zero-order valence-corrected chi connectivity index (χ0v) is 8.29. The predicted octanol–water partition coefficient (Wildman–Crippen LogP) is 2.27. The van der Waals surface area contributed by atoms with Gasteiger partial charge in [0.15, 0.2) is 0 Å². The molecule has 0 spiro atoms. The molecule has 0 unspecified atom stereocenters. The van der Waals surface area contributed by atoms with Gasteiger partial charge in [-0.2, -0.15) is 0 Å². The lowest BCUT2D eigenvalue weighted by Gasteiger charge is -2.20. The second-order valence-electron chi connectivity index (χ2n) is 3.37. The van der Waals surface area contributed by atoms with Gasteiger partial charge in [-0.15, -0.1) is 0 Å². The Labute approximate surface area is 83.8 Å². The molecule has 1 aliphatic rings. The molecule has 0 radical (unpaired) electrons. The molecule has 0 aromatic heterocycles. The van der Waals surface area contributed by atoms with Gasteiger partial charge in [0.05, 0.1) is 12.8 Å². The molecule has 0 bridgehead atoms. The number of nitrogens with zero attached hydrogens (tertiary/aromatic N) is 1. The van der Waals surface area contributed by atoms with E-state index in [1.807, 2.05) is 29.2 Å². The van der Waals surface area contributed by atoms with E-state index in [0.717, 1.165) is 30.8 Å². The first-order valence-electron chi connectivity index (χ1n) is 4.81. The maximum Gasteiger partial charge on any atom is 0.142 e. The Balaban J connectivity index is 2.35. The molecule has 3 heteroatoms. The summed E-state index contributed by atoms with van der Waals surface area (Å²) in [5, 5.41) is 7.79. The third-order valence-corrected chi connectivity index (χ3v) is 2.50. The first-order valence-corrected chi connectivity index (χ1v) is 4.81. The molecule has 1 N–H and O–H groups in total. The highest BCUT2D eigenvalue weighted by atomic mass is 16.5. The molecule has 1 aromatic rings. The Hall–Kier alpha value is -1.51. The second kappa shape index (κ2) is 3.70. The summed E-state index contributed by atoms with van der Waals surface area (Å²) in [7, 11) is 1.67. The van der Waals surface area contributed by atoms with E-state index in [9.17, 15) is 0 Å². The van der Waals surface area contributed by atoms with Crippen molar-refractivity contribution in [3.63, 3.8) is 0 Å². The molecule has 74 valence electrons. The first-order chi connectivity index (χ1) is 6.83. The SMILES string of the molecule is COc1ccccc1N1CCCC1=N. The summed E-state index contributed by atoms with van der Waals surface area (Å²) in [6.45, 7) is 0.930. The topological polar surface area (TPSA) is 36.3 Å². The van der Waals surface area contributed by atoms with Crippen LogP contribution in [-0.2, 0) is 0 Å². The fourth-order valence-electron chi connectivity index (χ4n) is 1.79. The first kappa shape index (κ1) is 9.06. The maximum atomic E-state index is 7.79. The van der Waals surface area contributed by atoms with E-state index >= 15 is 0 Å². The lowest BCUT2D eigenvalue weighted by molar-refractivity contribution is 0.415. The number of methoxy groups -OCH3 is 1. The van der Waals surface area contributed by atoms with Crippen LogP contribution in [0.5, 0.6) is 5.75 Å². The van der Waals surface area contributed by atoms with E-state index in [1.165, 1.54) is 0 Å². The summed E-state index contributed by atoms with van der Waals surface area (Å²) >= 11 is 0. The van der Waals surface area contributed by atoms with E-state index < -0.39 is 0 Å². The molecule has 1 aromatic carbocycles. The smallest absolute Gasteiger partial charge is 0.142 e. The molecule has 2 rings (SSSR count). The molecule has 0 amide bonds. The minimum absolute atomic E-state index is 0.689. The zero-order chi connectivity index (χ0) is 9.97. The van der Waals surface area contributed by atoms with Crippen molar-refractivity contribution in [2.24, 2.45) is 0 Å². The Morgan fingerprint density at radius 3 is 2.79 bits per heavy atom. The third-order valence-electron chi connectivity index (χ3n) is 2.50. The summed E-state index contributed by atoms with van der Waals surface area (Å²) in [5.41, 5.74) is 1.01. The van der Waals surface area contributed by atoms with Crippen LogP contribution >= 0.6 is 0 Å². The molecule has 1 saturated heterocycles. The number of hydrogen-bond donors (Lipinski definition) is 1. The van der Waals surface area contributed by atoms with E-state index in [1.54, 1.807) is 7.11 Å². The molecule has 1 aliphatic heterocycles. The van der Waals surface area contributed by atoms with Crippen LogP contribution in [-0.4, -0.2) is 19.5 Å². The number of ether oxygens (including phenoxy) is 1. The minimum Gasteiger partial charge on any atom is -0.495 e. The fraction of sp³-hybridized carbons (Fsp3) is 0.364. The van der Waals surface area contributed by atoms with Crippen LogP contribution < -0.4 is 9.64 Å². The van der Waals surface area contributed by atoms with Gasteiger partial charge < -0.3 is 9.64 Å². The van der Waals surface area contributed by atoms with Crippen molar-refractivity contribution in [3.8, 4) is 5.75 Å². The standard InChI is InChI=1S/C11H14N2O/c1-14-10-6-3-2-5-9(10)13-8-4-7-11(13)12/h2-3,5-6,12H,4,7-8H2,1H3. The van der Waals surface area contributed by atoms with Crippen molar-refractivity contribution >= 4 is 11.5 Å². The van der Waals surface area contributed by atoms with Gasteiger partial charge in [-0.3, -0.25) is 5.41 Å². The number of amidine groups is 1. The number of hydrogen-bond acceptors (Lipinski definition) is 2. The summed E-state index contributed by atoms with van der Waals surface area (Å²) < 4.78 is 5.27. The Morgan fingerprint density at radius 1 is 1.36 bits per heavy atom. The average Bonchev–Trinajstić information content (AvgIpc) is 2.64. The maximum absolute atomic E-state index is 7.79. The highest BCUT2D eigenvalue weighted by molar-refractivity contribution is 5.98. The van der Waals surface area contributed by atoms with E-state index in [4.69, 9.17) is 10.1 Å². The number of rotatable bonds is 2. The average molecular weight is 190 g/mol. The number of nitrogens with one attached hydrogen (secondary N) is 1. The number of benzene rings is 1. The normalized spacial score (nSPS) is 16.1. The zero-order valence-electron chi connectivity index (χ0n) is 8.29. The fourth-order valence-corrected chi connectivity index (χ4v) is 1.79. The molecule has 0 saturated carbocycles. The summed E-state index contributed by atoms with van der Waals surface area (Å²) in [4.78, 5) is 2.01. The van der Waals surface area contributed by atoms with Crippen LogP contribution in [0.1, 0.15) is 12.8 Å². The lowest BCUT2D eigenvalue weighted by Crippen LogP contribution is -2.23. The van der Waals surface area contributed by atoms with Crippen LogP contribution in [0.25, 0.3) is 0 Å². The molecule has 0 atom stereocenters. The minimum atomic E-state index is 0.689.